The zero-order chi connectivity index (χ0) is 21.1. The van der Waals surface area contributed by atoms with E-state index in [0.29, 0.717) is 36.9 Å². The van der Waals surface area contributed by atoms with E-state index in [1.165, 1.54) is 0 Å². The Kier molecular flexibility index (Phi) is 6.21. The number of nitrogens with zero attached hydrogens (tertiary/aromatic N) is 1. The van der Waals surface area contributed by atoms with Crippen molar-refractivity contribution in [1.29, 1.82) is 0 Å². The van der Waals surface area contributed by atoms with Crippen LogP contribution in [0.3, 0.4) is 0 Å². The molecule has 0 radical (unpaired) electrons. The van der Waals surface area contributed by atoms with E-state index < -0.39 is 23.8 Å². The topological polar surface area (TPSA) is 117 Å². The fourth-order valence-electron chi connectivity index (χ4n) is 4.12. The second-order valence-electron chi connectivity index (χ2n) is 7.82. The maximum Gasteiger partial charge on any atom is 0.262 e. The van der Waals surface area contributed by atoms with Gasteiger partial charge >= 0.3 is 0 Å². The summed E-state index contributed by atoms with van der Waals surface area (Å²) in [5, 5.41) is 8.80. The molecule has 1 atom stereocenters. The number of imide groups is 2. The zero-order valence-electron chi connectivity index (χ0n) is 16.7. The summed E-state index contributed by atoms with van der Waals surface area (Å²) in [5.74, 6) is -1.96. The van der Waals surface area contributed by atoms with Gasteiger partial charge in [0.2, 0.25) is 11.8 Å². The average Bonchev–Trinajstić information content (AvgIpc) is 2.99. The summed E-state index contributed by atoms with van der Waals surface area (Å²) in [7, 11) is 0. The number of carbonyl (C=O) groups excluding carboxylic acids is 4. The Morgan fingerprint density at radius 1 is 1.03 bits per heavy atom. The Morgan fingerprint density at radius 3 is 2.57 bits per heavy atom. The van der Waals surface area contributed by atoms with Gasteiger partial charge in [-0.25, -0.2) is 0 Å². The second-order valence-corrected chi connectivity index (χ2v) is 7.82. The van der Waals surface area contributed by atoms with Gasteiger partial charge in [0.15, 0.2) is 0 Å². The van der Waals surface area contributed by atoms with Crippen molar-refractivity contribution in [2.24, 2.45) is 0 Å². The van der Waals surface area contributed by atoms with Crippen LogP contribution in [-0.4, -0.2) is 66.9 Å². The lowest BCUT2D eigenvalue weighted by Crippen LogP contribution is -2.54. The molecule has 4 amide bonds. The number of rotatable bonds is 7. The largest absolute Gasteiger partial charge is 0.377 e. The first-order valence-corrected chi connectivity index (χ1v) is 10.4. The summed E-state index contributed by atoms with van der Waals surface area (Å²) in [6.45, 7) is 3.85. The van der Waals surface area contributed by atoms with Crippen LogP contribution in [0, 0.1) is 0 Å². The first kappa shape index (κ1) is 20.6. The molecule has 3 aliphatic heterocycles. The normalized spacial score (nSPS) is 22.4. The number of hydrogen-bond acceptors (Lipinski definition) is 7. The molecule has 0 aromatic heterocycles. The van der Waals surface area contributed by atoms with Crippen LogP contribution in [0.15, 0.2) is 18.2 Å². The Balaban J connectivity index is 1.32. The molecule has 30 heavy (non-hydrogen) atoms. The van der Waals surface area contributed by atoms with E-state index in [-0.39, 0.29) is 18.7 Å². The average molecular weight is 414 g/mol. The highest BCUT2D eigenvalue weighted by Crippen LogP contribution is 2.28. The molecule has 0 spiro atoms. The molecule has 3 heterocycles. The summed E-state index contributed by atoms with van der Waals surface area (Å²) in [5.41, 5.74) is 1.47. The number of hydrogen-bond donors (Lipinski definition) is 3. The monoisotopic (exact) mass is 414 g/mol. The fourth-order valence-corrected chi connectivity index (χ4v) is 4.12. The molecular formula is C21H26N4O5. The van der Waals surface area contributed by atoms with Crippen LogP contribution < -0.4 is 16.0 Å². The van der Waals surface area contributed by atoms with Crippen LogP contribution in [0.2, 0.25) is 0 Å². The molecule has 2 saturated heterocycles. The summed E-state index contributed by atoms with van der Waals surface area (Å²) in [6, 6.07) is 4.19. The number of nitrogens with one attached hydrogen (secondary N) is 3. The zero-order valence-corrected chi connectivity index (χ0v) is 16.7. The van der Waals surface area contributed by atoms with Gasteiger partial charge in [-0.05, 0) is 50.0 Å². The van der Waals surface area contributed by atoms with Crippen LogP contribution in [0.1, 0.15) is 52.0 Å². The van der Waals surface area contributed by atoms with Gasteiger partial charge in [-0.15, -0.1) is 0 Å². The van der Waals surface area contributed by atoms with Gasteiger partial charge in [-0.2, -0.15) is 0 Å². The quantitative estimate of drug-likeness (QED) is 0.423. The third kappa shape index (κ3) is 4.28. The smallest absolute Gasteiger partial charge is 0.262 e. The van der Waals surface area contributed by atoms with Gasteiger partial charge in [0.25, 0.3) is 11.8 Å². The van der Waals surface area contributed by atoms with Gasteiger partial charge in [0, 0.05) is 19.5 Å². The molecule has 0 saturated carbocycles. The molecule has 3 aliphatic rings. The van der Waals surface area contributed by atoms with E-state index >= 15 is 0 Å². The molecule has 1 aromatic rings. The van der Waals surface area contributed by atoms with Crippen LogP contribution in [0.25, 0.3) is 0 Å². The highest BCUT2D eigenvalue weighted by molar-refractivity contribution is 6.23. The third-order valence-corrected chi connectivity index (χ3v) is 5.75. The number of amides is 4. The van der Waals surface area contributed by atoms with Crippen molar-refractivity contribution in [1.82, 2.24) is 20.9 Å². The molecule has 160 valence electrons. The van der Waals surface area contributed by atoms with Crippen molar-refractivity contribution in [3.05, 3.63) is 34.9 Å². The SMILES string of the molecule is O=C1CCC(N2C(=O)c3ccc(CNCCOC4CCNCC4)cc3C2=O)C(=O)N1. The lowest BCUT2D eigenvalue weighted by atomic mass is 10.0. The summed E-state index contributed by atoms with van der Waals surface area (Å²) >= 11 is 0. The van der Waals surface area contributed by atoms with Crippen molar-refractivity contribution in [2.75, 3.05) is 26.2 Å². The van der Waals surface area contributed by atoms with Crippen molar-refractivity contribution in [3.8, 4) is 0 Å². The van der Waals surface area contributed by atoms with Gasteiger partial charge in [-0.3, -0.25) is 29.4 Å². The lowest BCUT2D eigenvalue weighted by Gasteiger charge is -2.27. The van der Waals surface area contributed by atoms with Crippen molar-refractivity contribution in [2.45, 2.75) is 44.4 Å². The molecule has 0 aliphatic carbocycles. The Morgan fingerprint density at radius 2 is 1.80 bits per heavy atom. The minimum atomic E-state index is -0.941. The van der Waals surface area contributed by atoms with Crippen molar-refractivity contribution >= 4 is 23.6 Å². The van der Waals surface area contributed by atoms with E-state index in [2.05, 4.69) is 16.0 Å². The van der Waals surface area contributed by atoms with Crippen LogP contribution >= 0.6 is 0 Å². The van der Waals surface area contributed by atoms with Crippen LogP contribution in [-0.2, 0) is 20.9 Å². The van der Waals surface area contributed by atoms with E-state index in [4.69, 9.17) is 4.74 Å². The third-order valence-electron chi connectivity index (χ3n) is 5.75. The van der Waals surface area contributed by atoms with Gasteiger partial charge in [0.05, 0.1) is 23.8 Å². The van der Waals surface area contributed by atoms with Crippen molar-refractivity contribution in [3.63, 3.8) is 0 Å². The summed E-state index contributed by atoms with van der Waals surface area (Å²) < 4.78 is 5.86. The molecule has 1 aromatic carbocycles. The molecule has 4 rings (SSSR count). The van der Waals surface area contributed by atoms with E-state index in [9.17, 15) is 19.2 Å². The number of ether oxygens (including phenoxy) is 1. The number of benzene rings is 1. The highest BCUT2D eigenvalue weighted by atomic mass is 16.5. The lowest BCUT2D eigenvalue weighted by molar-refractivity contribution is -0.136. The number of carbonyl (C=O) groups is 4. The Hall–Kier alpha value is -2.62. The van der Waals surface area contributed by atoms with Crippen LogP contribution in [0.5, 0.6) is 0 Å². The van der Waals surface area contributed by atoms with Gasteiger partial charge in [0.1, 0.15) is 6.04 Å². The Labute approximate surface area is 174 Å². The van der Waals surface area contributed by atoms with Crippen LogP contribution in [0.4, 0.5) is 0 Å². The summed E-state index contributed by atoms with van der Waals surface area (Å²) in [6.07, 6.45) is 2.64. The predicted octanol–water partition coefficient (Wildman–Crippen LogP) is -0.0540. The standard InChI is InChI=1S/C21H26N4O5/c26-18-4-3-17(19(27)24-18)25-20(28)15-2-1-13(11-16(15)21(25)29)12-23-9-10-30-14-5-7-22-8-6-14/h1-2,11,14,17,22-23H,3-10,12H2,(H,24,26,27). The first-order valence-electron chi connectivity index (χ1n) is 10.4. The Bertz CT molecular complexity index is 865. The number of fused-ring (bicyclic) bond motifs is 1. The van der Waals surface area contributed by atoms with Gasteiger partial charge < -0.3 is 15.4 Å². The summed E-state index contributed by atoms with van der Waals surface area (Å²) in [4.78, 5) is 50.0. The molecule has 9 nitrogen and oxygen atoms in total. The predicted molar refractivity (Wildman–Crippen MR) is 107 cm³/mol. The molecular weight excluding hydrogens is 388 g/mol. The maximum absolute atomic E-state index is 12.8. The van der Waals surface area contributed by atoms with Gasteiger partial charge in [-0.1, -0.05) is 6.07 Å². The first-order chi connectivity index (χ1) is 14.5. The van der Waals surface area contributed by atoms with E-state index in [0.717, 1.165) is 36.4 Å². The minimum Gasteiger partial charge on any atom is -0.377 e. The maximum atomic E-state index is 12.8. The molecule has 1 unspecified atom stereocenters. The molecule has 9 heteroatoms. The molecule has 3 N–H and O–H groups in total. The molecule has 2 fully saturated rings. The minimum absolute atomic E-state index is 0.110. The number of piperidine rings is 2. The van der Waals surface area contributed by atoms with E-state index in [1.807, 2.05) is 0 Å². The second kappa shape index (κ2) is 9.03. The highest BCUT2D eigenvalue weighted by Gasteiger charge is 2.44. The van der Waals surface area contributed by atoms with E-state index in [1.54, 1.807) is 18.2 Å². The molecule has 0 bridgehead atoms. The fraction of sp³-hybridized carbons (Fsp3) is 0.524. The van der Waals surface area contributed by atoms with Crippen molar-refractivity contribution < 1.29 is 23.9 Å².